The molecule has 0 N–H and O–H groups in total. The fraction of sp³-hybridized carbons (Fsp3) is 0.0769. The van der Waals surface area contributed by atoms with Crippen LogP contribution in [0.5, 0.6) is 0 Å². The lowest BCUT2D eigenvalue weighted by Crippen LogP contribution is -2.46. The maximum absolute atomic E-state index is 13.7. The largest absolute Gasteiger partial charge is 0.424 e. The van der Waals surface area contributed by atoms with Gasteiger partial charge >= 0.3 is 5.97 Å². The lowest BCUT2D eigenvalue weighted by Gasteiger charge is -2.33. The van der Waals surface area contributed by atoms with Crippen molar-refractivity contribution in [3.8, 4) is 0 Å². The van der Waals surface area contributed by atoms with Crippen molar-refractivity contribution in [1.29, 1.82) is 0 Å². The normalized spacial score (nSPS) is 20.5. The lowest BCUT2D eigenvalue weighted by atomic mass is 9.70. The molecule has 3 aromatic rings. The number of carbonyl (C=O) groups is 2. The molecule has 0 radical (unpaired) electrons. The Kier molecular flexibility index (Phi) is 3.85. The van der Waals surface area contributed by atoms with Gasteiger partial charge in [0, 0.05) is 11.6 Å². The van der Waals surface area contributed by atoms with Gasteiger partial charge in [0.15, 0.2) is 11.2 Å². The average molecular weight is 378 g/mol. The van der Waals surface area contributed by atoms with Gasteiger partial charge in [-0.25, -0.2) is 4.79 Å². The molecule has 3 aromatic carbocycles. The minimum atomic E-state index is -1.47. The highest BCUT2D eigenvalue weighted by Crippen LogP contribution is 2.54. The first kappa shape index (κ1) is 17.4. The van der Waals surface area contributed by atoms with Gasteiger partial charge in [0.1, 0.15) is 5.76 Å². The molecule has 5 rings (SSSR count). The summed E-state index contributed by atoms with van der Waals surface area (Å²) in [4.78, 5) is 27.3. The molecule has 0 amide bonds. The van der Waals surface area contributed by atoms with Crippen LogP contribution in [0.25, 0.3) is 16.9 Å². The summed E-state index contributed by atoms with van der Waals surface area (Å²) in [6.45, 7) is 1.97. The number of ketones is 1. The molecule has 3 heteroatoms. The Bertz CT molecular complexity index is 1200. The Morgan fingerprint density at radius 3 is 1.97 bits per heavy atom. The smallest absolute Gasteiger partial charge is 0.334 e. The quantitative estimate of drug-likeness (QED) is 0.464. The van der Waals surface area contributed by atoms with E-state index >= 15 is 0 Å². The molecular weight excluding hydrogens is 360 g/mol. The van der Waals surface area contributed by atoms with Crippen molar-refractivity contribution >= 4 is 28.7 Å². The van der Waals surface area contributed by atoms with Crippen LogP contribution >= 0.6 is 0 Å². The third kappa shape index (κ3) is 2.37. The molecular formula is C26H18O3. The summed E-state index contributed by atoms with van der Waals surface area (Å²) in [5, 5.41) is 0. The van der Waals surface area contributed by atoms with Gasteiger partial charge in [-0.15, -0.1) is 0 Å². The summed E-state index contributed by atoms with van der Waals surface area (Å²) in [5.74, 6) is -0.525. The van der Waals surface area contributed by atoms with Crippen LogP contribution in [0.2, 0.25) is 0 Å². The molecule has 0 saturated carbocycles. The van der Waals surface area contributed by atoms with Gasteiger partial charge in [0.2, 0.25) is 0 Å². The zero-order chi connectivity index (χ0) is 20.0. The predicted octanol–water partition coefficient (Wildman–Crippen LogP) is 5.04. The third-order valence-electron chi connectivity index (χ3n) is 5.75. The van der Waals surface area contributed by atoms with Crippen molar-refractivity contribution in [3.63, 3.8) is 0 Å². The van der Waals surface area contributed by atoms with Crippen molar-refractivity contribution in [2.75, 3.05) is 0 Å². The summed E-state index contributed by atoms with van der Waals surface area (Å²) in [5.41, 5.74) is 3.31. The number of fused-ring (bicyclic) bond motifs is 2. The molecule has 1 spiro atoms. The van der Waals surface area contributed by atoms with Gasteiger partial charge in [-0.1, -0.05) is 84.9 Å². The molecule has 1 aliphatic carbocycles. The van der Waals surface area contributed by atoms with Crippen LogP contribution in [0.4, 0.5) is 0 Å². The van der Waals surface area contributed by atoms with Crippen molar-refractivity contribution in [1.82, 2.24) is 0 Å². The fourth-order valence-corrected chi connectivity index (χ4v) is 4.47. The van der Waals surface area contributed by atoms with Crippen molar-refractivity contribution < 1.29 is 14.3 Å². The Morgan fingerprint density at radius 1 is 0.724 bits per heavy atom. The van der Waals surface area contributed by atoms with Gasteiger partial charge in [-0.3, -0.25) is 4.79 Å². The second-order valence-electron chi connectivity index (χ2n) is 7.29. The van der Waals surface area contributed by atoms with E-state index in [0.717, 1.165) is 16.7 Å². The Hall–Kier alpha value is -3.72. The topological polar surface area (TPSA) is 43.4 Å². The van der Waals surface area contributed by atoms with E-state index in [1.165, 1.54) is 6.08 Å². The minimum Gasteiger partial charge on any atom is -0.424 e. The first-order valence-electron chi connectivity index (χ1n) is 9.54. The van der Waals surface area contributed by atoms with Crippen molar-refractivity contribution in [3.05, 3.63) is 113 Å². The number of cyclic esters (lactones) is 1. The van der Waals surface area contributed by atoms with Gasteiger partial charge in [-0.05, 0) is 34.8 Å². The number of hydrogen-bond acceptors (Lipinski definition) is 3. The molecule has 0 aromatic heterocycles. The van der Waals surface area contributed by atoms with Crippen LogP contribution in [0, 0.1) is 0 Å². The van der Waals surface area contributed by atoms with E-state index in [1.54, 1.807) is 0 Å². The number of esters is 1. The highest BCUT2D eigenvalue weighted by atomic mass is 16.5. The first-order valence-corrected chi connectivity index (χ1v) is 9.54. The number of allylic oxidation sites excluding steroid dienone is 2. The van der Waals surface area contributed by atoms with Crippen LogP contribution in [0.3, 0.4) is 0 Å². The SMILES string of the molecule is CC1=C(c2ccccc2)C2(C(=O)C=C(c3ccccc3)OC2=O)c2ccccc21. The number of benzene rings is 3. The summed E-state index contributed by atoms with van der Waals surface area (Å²) in [6.07, 6.45) is 1.47. The van der Waals surface area contributed by atoms with Crippen molar-refractivity contribution in [2.24, 2.45) is 0 Å². The summed E-state index contributed by atoms with van der Waals surface area (Å²) >= 11 is 0. The number of carbonyl (C=O) groups excluding carboxylic acids is 2. The first-order chi connectivity index (χ1) is 14.1. The third-order valence-corrected chi connectivity index (χ3v) is 5.75. The molecule has 1 aliphatic heterocycles. The van der Waals surface area contributed by atoms with Crippen LogP contribution in [-0.4, -0.2) is 11.8 Å². The van der Waals surface area contributed by atoms with E-state index in [9.17, 15) is 9.59 Å². The number of hydrogen-bond donors (Lipinski definition) is 0. The number of ether oxygens (including phenoxy) is 1. The summed E-state index contributed by atoms with van der Waals surface area (Å²) < 4.78 is 5.80. The second kappa shape index (κ2) is 6.42. The molecule has 0 saturated heterocycles. The van der Waals surface area contributed by atoms with E-state index in [0.29, 0.717) is 22.5 Å². The molecule has 140 valence electrons. The molecule has 1 atom stereocenters. The standard InChI is InChI=1S/C26H18O3/c1-17-20-14-8-9-15-21(20)26(24(17)19-12-6-3-7-13-19)23(27)16-22(29-25(26)28)18-10-4-2-5-11-18/h2-16H,1H3. The van der Waals surface area contributed by atoms with E-state index in [2.05, 4.69) is 0 Å². The predicted molar refractivity (Wildman–Crippen MR) is 113 cm³/mol. The molecule has 29 heavy (non-hydrogen) atoms. The Labute approximate surface area is 169 Å². The summed E-state index contributed by atoms with van der Waals surface area (Å²) in [6, 6.07) is 26.4. The molecule has 0 bridgehead atoms. The fourth-order valence-electron chi connectivity index (χ4n) is 4.47. The highest BCUT2D eigenvalue weighted by Gasteiger charge is 2.58. The highest BCUT2D eigenvalue weighted by molar-refractivity contribution is 6.32. The Morgan fingerprint density at radius 2 is 1.31 bits per heavy atom. The van der Waals surface area contributed by atoms with Gasteiger partial charge < -0.3 is 4.74 Å². The maximum Gasteiger partial charge on any atom is 0.334 e. The molecule has 1 heterocycles. The second-order valence-corrected chi connectivity index (χ2v) is 7.29. The zero-order valence-corrected chi connectivity index (χ0v) is 15.9. The van der Waals surface area contributed by atoms with Gasteiger partial charge in [-0.2, -0.15) is 0 Å². The molecule has 0 fully saturated rings. The van der Waals surface area contributed by atoms with Crippen LogP contribution in [0.1, 0.15) is 29.2 Å². The van der Waals surface area contributed by atoms with Crippen LogP contribution in [0.15, 0.2) is 91.0 Å². The monoisotopic (exact) mass is 378 g/mol. The van der Waals surface area contributed by atoms with E-state index in [-0.39, 0.29) is 5.78 Å². The van der Waals surface area contributed by atoms with Gasteiger partial charge in [0.25, 0.3) is 0 Å². The van der Waals surface area contributed by atoms with E-state index in [4.69, 9.17) is 4.74 Å². The molecule has 1 unspecified atom stereocenters. The van der Waals surface area contributed by atoms with E-state index in [1.807, 2.05) is 91.9 Å². The lowest BCUT2D eigenvalue weighted by molar-refractivity contribution is -0.145. The van der Waals surface area contributed by atoms with E-state index < -0.39 is 11.4 Å². The summed E-state index contributed by atoms with van der Waals surface area (Å²) in [7, 11) is 0. The molecule has 2 aliphatic rings. The van der Waals surface area contributed by atoms with Gasteiger partial charge in [0.05, 0.1) is 0 Å². The average Bonchev–Trinajstić information content (AvgIpc) is 3.03. The molecule has 3 nitrogen and oxygen atoms in total. The van der Waals surface area contributed by atoms with Crippen LogP contribution in [-0.2, 0) is 19.7 Å². The van der Waals surface area contributed by atoms with Crippen LogP contribution < -0.4 is 0 Å². The minimum absolute atomic E-state index is 0.268. The Balaban J connectivity index is 1.77. The number of rotatable bonds is 2. The zero-order valence-electron chi connectivity index (χ0n) is 15.9. The maximum atomic E-state index is 13.7. The van der Waals surface area contributed by atoms with Crippen molar-refractivity contribution in [2.45, 2.75) is 12.3 Å².